The minimum atomic E-state index is -0.463. The third-order valence-electron chi connectivity index (χ3n) is 6.04. The van der Waals surface area contributed by atoms with Crippen molar-refractivity contribution in [3.8, 4) is 22.3 Å². The molecule has 0 aliphatic rings. The van der Waals surface area contributed by atoms with Crippen LogP contribution in [0.15, 0.2) is 121 Å². The van der Waals surface area contributed by atoms with Gasteiger partial charge in [0.15, 0.2) is 11.6 Å². The molecule has 36 heavy (non-hydrogen) atoms. The van der Waals surface area contributed by atoms with Crippen LogP contribution in [0.25, 0.3) is 22.3 Å². The predicted molar refractivity (Wildman–Crippen MR) is 137 cm³/mol. The van der Waals surface area contributed by atoms with Crippen molar-refractivity contribution >= 4 is 11.6 Å². The normalized spacial score (nSPS) is 10.7. The molecule has 4 heteroatoms. The molecule has 0 amide bonds. The van der Waals surface area contributed by atoms with Gasteiger partial charge in [0.05, 0.1) is 0 Å². The molecule has 0 aromatic heterocycles. The molecule has 0 aliphatic carbocycles. The Balaban J connectivity index is 1.84. The van der Waals surface area contributed by atoms with Crippen LogP contribution >= 0.6 is 0 Å². The second-order valence-electron chi connectivity index (χ2n) is 8.31. The lowest BCUT2D eigenvalue weighted by Gasteiger charge is -2.19. The first-order chi connectivity index (χ1) is 17.5. The third kappa shape index (κ3) is 4.49. The van der Waals surface area contributed by atoms with Crippen LogP contribution in [0.1, 0.15) is 31.8 Å². The summed E-state index contributed by atoms with van der Waals surface area (Å²) < 4.78 is 27.3. The molecule has 0 atom stereocenters. The minimum Gasteiger partial charge on any atom is -0.289 e. The maximum absolute atomic E-state index is 14.0. The van der Waals surface area contributed by atoms with Crippen molar-refractivity contribution in [2.45, 2.75) is 0 Å². The maximum atomic E-state index is 14.0. The smallest absolute Gasteiger partial charge is 0.194 e. The second-order valence-corrected chi connectivity index (χ2v) is 8.31. The number of benzene rings is 5. The van der Waals surface area contributed by atoms with E-state index >= 15 is 0 Å². The van der Waals surface area contributed by atoms with E-state index in [0.717, 1.165) is 11.1 Å². The summed E-state index contributed by atoms with van der Waals surface area (Å²) in [6, 6.07) is 32.8. The largest absolute Gasteiger partial charge is 0.289 e. The van der Waals surface area contributed by atoms with E-state index in [1.54, 1.807) is 0 Å². The zero-order valence-electron chi connectivity index (χ0n) is 19.1. The van der Waals surface area contributed by atoms with E-state index in [1.165, 1.54) is 48.5 Å². The van der Waals surface area contributed by atoms with Crippen LogP contribution in [0.5, 0.6) is 0 Å². The highest BCUT2D eigenvalue weighted by Gasteiger charge is 2.27. The van der Waals surface area contributed by atoms with Crippen molar-refractivity contribution in [1.29, 1.82) is 0 Å². The summed E-state index contributed by atoms with van der Waals surface area (Å²) in [5, 5.41) is 0. The van der Waals surface area contributed by atoms with Gasteiger partial charge in [-0.05, 0) is 70.8 Å². The lowest BCUT2D eigenvalue weighted by atomic mass is 9.82. The Morgan fingerprint density at radius 3 is 1.08 bits per heavy atom. The fraction of sp³-hybridized carbons (Fsp3) is 0. The molecule has 5 aromatic carbocycles. The summed E-state index contributed by atoms with van der Waals surface area (Å²) in [5.74, 6) is -1.74. The zero-order valence-corrected chi connectivity index (χ0v) is 19.1. The molecule has 0 bridgehead atoms. The first-order valence-corrected chi connectivity index (χ1v) is 11.4. The molecule has 0 aliphatic heterocycles. The molecule has 0 heterocycles. The standard InChI is InChI=1S/C32H20F2O2/c33-25-15-11-23(12-16-25)31(35)29-27(21-7-3-1-4-8-21)19-20-28(22-9-5-2-6-10-22)30(29)32(36)24-13-17-26(34)18-14-24/h1-20H. The summed E-state index contributed by atoms with van der Waals surface area (Å²) >= 11 is 0. The van der Waals surface area contributed by atoms with Gasteiger partial charge in [-0.3, -0.25) is 9.59 Å². The van der Waals surface area contributed by atoms with Gasteiger partial charge in [-0.1, -0.05) is 72.8 Å². The molecule has 174 valence electrons. The number of carbonyl (C=O) groups excluding carboxylic acids is 2. The highest BCUT2D eigenvalue weighted by atomic mass is 19.1. The lowest BCUT2D eigenvalue weighted by Crippen LogP contribution is -2.15. The van der Waals surface area contributed by atoms with E-state index < -0.39 is 23.2 Å². The van der Waals surface area contributed by atoms with Gasteiger partial charge in [0.2, 0.25) is 0 Å². The van der Waals surface area contributed by atoms with Crippen LogP contribution in [0.2, 0.25) is 0 Å². The Morgan fingerprint density at radius 1 is 0.417 bits per heavy atom. The van der Waals surface area contributed by atoms with E-state index in [4.69, 9.17) is 0 Å². The summed E-state index contributed by atoms with van der Waals surface area (Å²) in [6.07, 6.45) is 0. The Hall–Kier alpha value is -4.70. The first-order valence-electron chi connectivity index (χ1n) is 11.4. The van der Waals surface area contributed by atoms with Crippen molar-refractivity contribution in [3.05, 3.63) is 155 Å². The number of hydrogen-bond donors (Lipinski definition) is 0. The van der Waals surface area contributed by atoms with Gasteiger partial charge < -0.3 is 0 Å². The first kappa shape index (κ1) is 23.1. The molecule has 0 saturated heterocycles. The highest BCUT2D eigenvalue weighted by molar-refractivity contribution is 6.24. The van der Waals surface area contributed by atoms with Gasteiger partial charge in [0, 0.05) is 22.3 Å². The third-order valence-corrected chi connectivity index (χ3v) is 6.04. The summed E-state index contributed by atoms with van der Waals surface area (Å²) in [6.45, 7) is 0. The predicted octanol–water partition coefficient (Wildman–Crippen LogP) is 7.76. The number of rotatable bonds is 6. The maximum Gasteiger partial charge on any atom is 0.194 e. The molecule has 0 saturated carbocycles. The van der Waals surface area contributed by atoms with Crippen LogP contribution < -0.4 is 0 Å². The van der Waals surface area contributed by atoms with Gasteiger partial charge in [0.1, 0.15) is 11.6 Å². The molecular formula is C32H20F2O2. The van der Waals surface area contributed by atoms with Crippen molar-refractivity contribution in [2.24, 2.45) is 0 Å². The number of ketones is 2. The zero-order chi connectivity index (χ0) is 25.1. The summed E-state index contributed by atoms with van der Waals surface area (Å²) in [5.41, 5.74) is 3.61. The van der Waals surface area contributed by atoms with E-state index in [-0.39, 0.29) is 22.3 Å². The van der Waals surface area contributed by atoms with Gasteiger partial charge >= 0.3 is 0 Å². The molecular weight excluding hydrogens is 454 g/mol. The van der Waals surface area contributed by atoms with Gasteiger partial charge in [-0.25, -0.2) is 8.78 Å². The van der Waals surface area contributed by atoms with E-state index in [1.807, 2.05) is 72.8 Å². The van der Waals surface area contributed by atoms with E-state index in [2.05, 4.69) is 0 Å². The van der Waals surface area contributed by atoms with Gasteiger partial charge in [0.25, 0.3) is 0 Å². The molecule has 0 spiro atoms. The monoisotopic (exact) mass is 474 g/mol. The highest BCUT2D eigenvalue weighted by Crippen LogP contribution is 2.36. The fourth-order valence-electron chi connectivity index (χ4n) is 4.28. The van der Waals surface area contributed by atoms with E-state index in [9.17, 15) is 18.4 Å². The summed E-state index contributed by atoms with van der Waals surface area (Å²) in [7, 11) is 0. The SMILES string of the molecule is O=C(c1ccc(F)cc1)c1c(-c2ccccc2)ccc(-c2ccccc2)c1C(=O)c1ccc(F)cc1. The van der Waals surface area contributed by atoms with E-state index in [0.29, 0.717) is 11.1 Å². The number of hydrogen-bond acceptors (Lipinski definition) is 2. The van der Waals surface area contributed by atoms with Crippen molar-refractivity contribution in [1.82, 2.24) is 0 Å². The topological polar surface area (TPSA) is 34.1 Å². The van der Waals surface area contributed by atoms with Crippen LogP contribution in [0, 0.1) is 11.6 Å². The van der Waals surface area contributed by atoms with Crippen LogP contribution in [-0.4, -0.2) is 11.6 Å². The van der Waals surface area contributed by atoms with Gasteiger partial charge in [-0.2, -0.15) is 0 Å². The molecule has 0 N–H and O–H groups in total. The molecule has 0 radical (unpaired) electrons. The lowest BCUT2D eigenvalue weighted by molar-refractivity contribution is 0.100. The van der Waals surface area contributed by atoms with Crippen molar-refractivity contribution in [3.63, 3.8) is 0 Å². The Bertz CT molecular complexity index is 1420. The Kier molecular flexibility index (Phi) is 6.33. The molecule has 0 fully saturated rings. The number of carbonyl (C=O) groups is 2. The minimum absolute atomic E-state index is 0.212. The Morgan fingerprint density at radius 2 is 0.750 bits per heavy atom. The molecule has 2 nitrogen and oxygen atoms in total. The average Bonchev–Trinajstić information content (AvgIpc) is 2.93. The number of halogens is 2. The molecule has 5 aromatic rings. The fourth-order valence-corrected chi connectivity index (χ4v) is 4.28. The van der Waals surface area contributed by atoms with Crippen LogP contribution in [-0.2, 0) is 0 Å². The Labute approximate surface area is 207 Å². The van der Waals surface area contributed by atoms with Crippen molar-refractivity contribution in [2.75, 3.05) is 0 Å². The van der Waals surface area contributed by atoms with Crippen LogP contribution in [0.3, 0.4) is 0 Å². The summed E-state index contributed by atoms with van der Waals surface area (Å²) in [4.78, 5) is 28.0. The molecule has 0 unspecified atom stereocenters. The molecule has 5 rings (SSSR count). The second kappa shape index (κ2) is 9.88. The van der Waals surface area contributed by atoms with Gasteiger partial charge in [-0.15, -0.1) is 0 Å². The quantitative estimate of drug-likeness (QED) is 0.236. The average molecular weight is 475 g/mol. The van der Waals surface area contributed by atoms with Crippen molar-refractivity contribution < 1.29 is 18.4 Å². The van der Waals surface area contributed by atoms with Crippen LogP contribution in [0.4, 0.5) is 8.78 Å².